The number of hydrogen-bond donors (Lipinski definition) is 1. The Hall–Kier alpha value is -1.13. The maximum atomic E-state index is 5.67. The lowest BCUT2D eigenvalue weighted by Gasteiger charge is -1.99. The van der Waals surface area contributed by atoms with E-state index >= 15 is 0 Å². The highest BCUT2D eigenvalue weighted by atomic mass is 35.5. The topological polar surface area (TPSA) is 51.8 Å². The third kappa shape index (κ3) is 2.02. The van der Waals surface area contributed by atoms with Crippen LogP contribution in [0.3, 0.4) is 0 Å². The van der Waals surface area contributed by atoms with E-state index in [4.69, 9.17) is 17.3 Å². The van der Waals surface area contributed by atoms with Crippen LogP contribution in [0.5, 0.6) is 0 Å². The van der Waals surface area contributed by atoms with Crippen LogP contribution in [0.1, 0.15) is 10.6 Å². The molecule has 3 nitrogen and oxygen atoms in total. The highest BCUT2D eigenvalue weighted by Crippen LogP contribution is 2.18. The quantitative estimate of drug-likeness (QED) is 0.854. The molecule has 0 aliphatic heterocycles. The van der Waals surface area contributed by atoms with Crippen molar-refractivity contribution in [1.82, 2.24) is 10.2 Å². The van der Waals surface area contributed by atoms with Crippen molar-refractivity contribution in [1.29, 1.82) is 0 Å². The van der Waals surface area contributed by atoms with Crippen molar-refractivity contribution in [3.8, 4) is 0 Å². The number of thiophene rings is 1. The number of anilines is 1. The molecule has 0 saturated carbocycles. The van der Waals surface area contributed by atoms with Gasteiger partial charge in [0.2, 0.25) is 0 Å². The zero-order chi connectivity index (χ0) is 9.97. The average Bonchev–Trinajstić information content (AvgIpc) is 2.64. The van der Waals surface area contributed by atoms with E-state index in [1.807, 2.05) is 11.4 Å². The van der Waals surface area contributed by atoms with Gasteiger partial charge in [0.1, 0.15) is 0 Å². The first-order valence-electron chi connectivity index (χ1n) is 4.05. The molecule has 0 atom stereocenters. The molecule has 2 N–H and O–H groups in total. The lowest BCUT2D eigenvalue weighted by Crippen LogP contribution is -1.97. The van der Waals surface area contributed by atoms with E-state index in [1.54, 1.807) is 17.4 Å². The van der Waals surface area contributed by atoms with Gasteiger partial charge in [0.15, 0.2) is 5.15 Å². The first kappa shape index (κ1) is 9.43. The van der Waals surface area contributed by atoms with Crippen molar-refractivity contribution in [3.05, 3.63) is 39.3 Å². The summed E-state index contributed by atoms with van der Waals surface area (Å²) in [6, 6.07) is 5.82. The maximum Gasteiger partial charge on any atom is 0.174 e. The summed E-state index contributed by atoms with van der Waals surface area (Å²) < 4.78 is 0. The van der Waals surface area contributed by atoms with E-state index in [9.17, 15) is 0 Å². The Morgan fingerprint density at radius 3 is 2.93 bits per heavy atom. The summed E-state index contributed by atoms with van der Waals surface area (Å²) in [6.45, 7) is 0. The predicted molar refractivity (Wildman–Crippen MR) is 58.6 cm³/mol. The van der Waals surface area contributed by atoms with Crippen LogP contribution in [-0.2, 0) is 6.42 Å². The molecular formula is C9H8ClN3S. The fraction of sp³-hybridized carbons (Fsp3) is 0.111. The lowest BCUT2D eigenvalue weighted by molar-refractivity contribution is 0.947. The van der Waals surface area contributed by atoms with Gasteiger partial charge in [-0.25, -0.2) is 0 Å². The van der Waals surface area contributed by atoms with E-state index in [2.05, 4.69) is 16.3 Å². The van der Waals surface area contributed by atoms with Gasteiger partial charge in [0, 0.05) is 11.3 Å². The molecule has 14 heavy (non-hydrogen) atoms. The van der Waals surface area contributed by atoms with Crippen molar-refractivity contribution in [2.45, 2.75) is 6.42 Å². The molecule has 0 aliphatic carbocycles. The van der Waals surface area contributed by atoms with Crippen LogP contribution in [0.4, 0.5) is 5.69 Å². The molecule has 0 fully saturated rings. The highest BCUT2D eigenvalue weighted by Gasteiger charge is 2.03. The van der Waals surface area contributed by atoms with Gasteiger partial charge in [0.25, 0.3) is 0 Å². The molecule has 0 bridgehead atoms. The molecule has 0 saturated heterocycles. The van der Waals surface area contributed by atoms with Crippen molar-refractivity contribution in [3.63, 3.8) is 0 Å². The van der Waals surface area contributed by atoms with E-state index < -0.39 is 0 Å². The van der Waals surface area contributed by atoms with Crippen LogP contribution >= 0.6 is 22.9 Å². The summed E-state index contributed by atoms with van der Waals surface area (Å²) in [7, 11) is 0. The van der Waals surface area contributed by atoms with Gasteiger partial charge in [-0.2, -0.15) is 5.10 Å². The normalized spacial score (nSPS) is 10.4. The number of nitrogen functional groups attached to an aromatic ring is 1. The van der Waals surface area contributed by atoms with Crippen LogP contribution in [0.25, 0.3) is 0 Å². The number of rotatable bonds is 2. The largest absolute Gasteiger partial charge is 0.396 e. The fourth-order valence-corrected chi connectivity index (χ4v) is 1.92. The summed E-state index contributed by atoms with van der Waals surface area (Å²) in [5.41, 5.74) is 6.94. The molecule has 2 rings (SSSR count). The molecule has 72 valence electrons. The Morgan fingerprint density at radius 2 is 2.29 bits per heavy atom. The minimum Gasteiger partial charge on any atom is -0.396 e. The van der Waals surface area contributed by atoms with Crippen LogP contribution in [0, 0.1) is 0 Å². The number of aromatic nitrogens is 2. The number of hydrogen-bond acceptors (Lipinski definition) is 4. The standard InChI is InChI=1S/C9H8ClN3S/c10-9-8(11)5-6(12-13-9)4-7-2-1-3-14-7/h1-3,5H,4H2,(H2,11,12). The lowest BCUT2D eigenvalue weighted by atomic mass is 10.2. The van der Waals surface area contributed by atoms with Gasteiger partial charge < -0.3 is 5.73 Å². The second-order valence-electron chi connectivity index (χ2n) is 2.84. The van der Waals surface area contributed by atoms with Gasteiger partial charge in [-0.1, -0.05) is 17.7 Å². The van der Waals surface area contributed by atoms with Crippen molar-refractivity contribution >= 4 is 28.6 Å². The van der Waals surface area contributed by atoms with Gasteiger partial charge in [0.05, 0.1) is 11.4 Å². The average molecular weight is 226 g/mol. The Kier molecular flexibility index (Phi) is 2.65. The van der Waals surface area contributed by atoms with E-state index in [0.717, 1.165) is 12.1 Å². The molecule has 2 aromatic rings. The monoisotopic (exact) mass is 225 g/mol. The van der Waals surface area contributed by atoms with Gasteiger partial charge >= 0.3 is 0 Å². The van der Waals surface area contributed by atoms with E-state index in [1.165, 1.54) is 4.88 Å². The second kappa shape index (κ2) is 3.94. The van der Waals surface area contributed by atoms with Crippen molar-refractivity contribution < 1.29 is 0 Å². The molecular weight excluding hydrogens is 218 g/mol. The SMILES string of the molecule is Nc1cc(Cc2cccs2)nnc1Cl. The Labute approximate surface area is 90.5 Å². The smallest absolute Gasteiger partial charge is 0.174 e. The maximum absolute atomic E-state index is 5.67. The fourth-order valence-electron chi connectivity index (χ4n) is 1.11. The number of nitrogens with zero attached hydrogens (tertiary/aromatic N) is 2. The van der Waals surface area contributed by atoms with E-state index in [0.29, 0.717) is 5.69 Å². The zero-order valence-corrected chi connectivity index (χ0v) is 8.85. The molecule has 0 aromatic carbocycles. The van der Waals surface area contributed by atoms with E-state index in [-0.39, 0.29) is 5.15 Å². The summed E-state index contributed by atoms with van der Waals surface area (Å²) in [4.78, 5) is 1.24. The third-order valence-electron chi connectivity index (χ3n) is 1.76. The molecule has 0 unspecified atom stereocenters. The van der Waals surface area contributed by atoms with Crippen molar-refractivity contribution in [2.24, 2.45) is 0 Å². The summed E-state index contributed by atoms with van der Waals surface area (Å²) in [6.07, 6.45) is 0.756. The highest BCUT2D eigenvalue weighted by molar-refractivity contribution is 7.09. The second-order valence-corrected chi connectivity index (χ2v) is 4.23. The summed E-state index contributed by atoms with van der Waals surface area (Å²) in [5.74, 6) is 0. The minimum atomic E-state index is 0.264. The Morgan fingerprint density at radius 1 is 1.43 bits per heavy atom. The van der Waals surface area contributed by atoms with Crippen LogP contribution in [0.2, 0.25) is 5.15 Å². The molecule has 0 spiro atoms. The van der Waals surface area contributed by atoms with Gasteiger partial charge in [-0.3, -0.25) is 0 Å². The predicted octanol–water partition coefficient (Wildman–Crippen LogP) is 2.36. The summed E-state index contributed by atoms with van der Waals surface area (Å²) in [5, 5.41) is 10.0. The molecule has 5 heteroatoms. The summed E-state index contributed by atoms with van der Waals surface area (Å²) >= 11 is 7.35. The molecule has 2 aromatic heterocycles. The Balaban J connectivity index is 2.22. The molecule has 0 amide bonds. The zero-order valence-electron chi connectivity index (χ0n) is 7.27. The Bertz CT molecular complexity index is 428. The molecule has 0 radical (unpaired) electrons. The van der Waals surface area contributed by atoms with Crippen LogP contribution < -0.4 is 5.73 Å². The van der Waals surface area contributed by atoms with Crippen LogP contribution in [0.15, 0.2) is 23.6 Å². The van der Waals surface area contributed by atoms with Crippen LogP contribution in [-0.4, -0.2) is 10.2 Å². The first-order valence-corrected chi connectivity index (χ1v) is 5.31. The molecule has 0 aliphatic rings. The molecule has 2 heterocycles. The van der Waals surface area contributed by atoms with Gasteiger partial charge in [-0.15, -0.1) is 16.4 Å². The van der Waals surface area contributed by atoms with Gasteiger partial charge in [-0.05, 0) is 17.5 Å². The number of halogens is 1. The van der Waals surface area contributed by atoms with Crippen molar-refractivity contribution in [2.75, 3.05) is 5.73 Å². The first-order chi connectivity index (χ1) is 6.75. The third-order valence-corrected chi connectivity index (χ3v) is 2.93. The number of nitrogens with two attached hydrogens (primary N) is 1. The minimum absolute atomic E-state index is 0.264.